The van der Waals surface area contributed by atoms with Crippen molar-refractivity contribution < 1.29 is 8.83 Å². The Kier molecular flexibility index (Phi) is 11.7. The van der Waals surface area contributed by atoms with Crippen molar-refractivity contribution in [2.75, 3.05) is 9.80 Å². The summed E-state index contributed by atoms with van der Waals surface area (Å²) in [6, 6.07) is 117. The number of rotatable bonds is 9. The minimum absolute atomic E-state index is 0.287. The van der Waals surface area contributed by atoms with Crippen molar-refractivity contribution in [2.45, 2.75) is 0 Å². The van der Waals surface area contributed by atoms with Crippen LogP contribution in [-0.2, 0) is 0 Å². The lowest BCUT2D eigenvalue weighted by Crippen LogP contribution is -2.61. The van der Waals surface area contributed by atoms with Crippen LogP contribution in [0.5, 0.6) is 0 Å². The number of fused-ring (bicyclic) bond motifs is 12. The van der Waals surface area contributed by atoms with Crippen LogP contribution in [0.4, 0.5) is 34.1 Å². The molecule has 89 heavy (non-hydrogen) atoms. The number of nitrogens with zero attached hydrogens (tertiary/aromatic N) is 2. The normalized spacial score (nSPS) is 12.4. The monoisotopic (exact) mass is 1130 g/mol. The maximum Gasteiger partial charge on any atom is 0.252 e. The molecule has 2 aliphatic heterocycles. The average Bonchev–Trinajstić information content (AvgIpc) is 1.72. The van der Waals surface area contributed by atoms with E-state index in [4.69, 9.17) is 8.83 Å². The predicted octanol–water partition coefficient (Wildman–Crippen LogP) is 21.2. The number of hydrogen-bond acceptors (Lipinski definition) is 4. The van der Waals surface area contributed by atoms with Crippen LogP contribution in [0.25, 0.3) is 122 Å². The first-order chi connectivity index (χ1) is 44.2. The lowest BCUT2D eigenvalue weighted by Gasteiger charge is -2.45. The van der Waals surface area contributed by atoms with Crippen LogP contribution in [0.15, 0.2) is 330 Å². The molecule has 0 atom stereocenters. The maximum absolute atomic E-state index is 7.44. The molecule has 0 saturated heterocycles. The van der Waals surface area contributed by atoms with Gasteiger partial charge >= 0.3 is 0 Å². The second-order valence-corrected chi connectivity index (χ2v) is 23.4. The van der Waals surface area contributed by atoms with Gasteiger partial charge in [0.05, 0.1) is 22.7 Å². The lowest BCUT2D eigenvalue weighted by atomic mass is 9.33. The van der Waals surface area contributed by atoms with Gasteiger partial charge in [-0.25, -0.2) is 0 Å². The minimum atomic E-state index is -0.287. The summed E-state index contributed by atoms with van der Waals surface area (Å²) in [6.07, 6.45) is 0. The Balaban J connectivity index is 1.00. The van der Waals surface area contributed by atoms with E-state index < -0.39 is 0 Å². The highest BCUT2D eigenvalue weighted by Crippen LogP contribution is 2.55. The molecule has 4 heterocycles. The van der Waals surface area contributed by atoms with E-state index in [1.54, 1.807) is 0 Å². The summed E-state index contributed by atoms with van der Waals surface area (Å²) in [6.45, 7) is -0.287. The zero-order valence-electron chi connectivity index (χ0n) is 48.4. The van der Waals surface area contributed by atoms with Gasteiger partial charge in [0, 0.05) is 49.6 Å². The van der Waals surface area contributed by atoms with Gasteiger partial charge in [-0.3, -0.25) is 0 Å². The van der Waals surface area contributed by atoms with Crippen molar-refractivity contribution in [2.24, 2.45) is 0 Å². The molecule has 0 aliphatic carbocycles. The Morgan fingerprint density at radius 1 is 0.225 bits per heavy atom. The van der Waals surface area contributed by atoms with Crippen molar-refractivity contribution in [3.8, 4) is 77.9 Å². The topological polar surface area (TPSA) is 32.8 Å². The van der Waals surface area contributed by atoms with Crippen molar-refractivity contribution >= 4 is 101 Å². The van der Waals surface area contributed by atoms with Crippen molar-refractivity contribution in [3.63, 3.8) is 0 Å². The van der Waals surface area contributed by atoms with E-state index >= 15 is 0 Å². The molecule has 0 amide bonds. The zero-order chi connectivity index (χ0) is 58.5. The van der Waals surface area contributed by atoms with Gasteiger partial charge in [-0.2, -0.15) is 0 Å². The Morgan fingerprint density at radius 3 is 1.08 bits per heavy atom. The Hall–Kier alpha value is -11.7. The number of benzene rings is 14. The summed E-state index contributed by atoms with van der Waals surface area (Å²) in [4.78, 5) is 5.16. The standard InChI is InChI=1S/C84H53BN2O2/c1-5-23-54(24-6-1)58-31-19-34-61(49-58)65-37-13-16-42-74(65)86-75-52-64(57-29-11-4-12-30-57)53-76-79(75)85(72-47-45-70-68-38-14-17-43-77(68)88-83(70)81(72)86)73-48-46-71-69-39-15-18-44-78(69)89-84(71)82(73)87(76)80-66(62-35-20-32-59(50-62)55-25-7-2-8-26-55)40-22-41-67(80)63-36-21-33-60(51-63)56-27-9-3-10-28-56/h1-53H. The Labute approximate surface area is 516 Å². The van der Waals surface area contributed by atoms with Crippen LogP contribution in [0.2, 0.25) is 0 Å². The molecule has 16 aromatic rings. The lowest BCUT2D eigenvalue weighted by molar-refractivity contribution is 0.669. The second-order valence-electron chi connectivity index (χ2n) is 23.4. The minimum Gasteiger partial charge on any atom is -0.454 e. The van der Waals surface area contributed by atoms with Gasteiger partial charge in [0.25, 0.3) is 6.71 Å². The molecule has 14 aromatic carbocycles. The fourth-order valence-corrected chi connectivity index (χ4v) is 14.4. The first-order valence-electron chi connectivity index (χ1n) is 30.6. The SMILES string of the molecule is c1ccc(-c2cccc(-c3ccccc3N3c4cc(-c5ccccc5)cc5c4B(c4ccc6c(oc7ccccc76)c43)c3ccc4c(oc6ccccc64)c3N5c3c(-c4cccc(-c5ccccc5)c4)cccc3-c3cccc(-c4ccccc4)c3)c2)cc1. The van der Waals surface area contributed by atoms with E-state index in [-0.39, 0.29) is 6.71 Å². The van der Waals surface area contributed by atoms with Gasteiger partial charge in [-0.05, 0) is 126 Å². The molecule has 0 fully saturated rings. The molecule has 0 radical (unpaired) electrons. The number of anilines is 6. The first kappa shape index (κ1) is 50.6. The molecule has 0 saturated carbocycles. The average molecular weight is 1130 g/mol. The van der Waals surface area contributed by atoms with Crippen LogP contribution >= 0.6 is 0 Å². The summed E-state index contributed by atoms with van der Waals surface area (Å²) >= 11 is 0. The third kappa shape index (κ3) is 8.16. The van der Waals surface area contributed by atoms with E-state index in [1.165, 1.54) is 11.0 Å². The van der Waals surface area contributed by atoms with Gasteiger partial charge in [0.1, 0.15) is 11.2 Å². The quantitative estimate of drug-likeness (QED) is 0.135. The zero-order valence-corrected chi connectivity index (χ0v) is 48.4. The van der Waals surface area contributed by atoms with Crippen molar-refractivity contribution in [1.29, 1.82) is 0 Å². The molecule has 414 valence electrons. The van der Waals surface area contributed by atoms with E-state index in [2.05, 4.69) is 331 Å². The molecule has 4 nitrogen and oxygen atoms in total. The fourth-order valence-electron chi connectivity index (χ4n) is 14.4. The molecule has 2 aromatic heterocycles. The van der Waals surface area contributed by atoms with Gasteiger partial charge < -0.3 is 18.6 Å². The van der Waals surface area contributed by atoms with Crippen LogP contribution in [-0.4, -0.2) is 6.71 Å². The van der Waals surface area contributed by atoms with E-state index in [0.717, 1.165) is 161 Å². The van der Waals surface area contributed by atoms with Gasteiger partial charge in [0.15, 0.2) is 11.2 Å². The van der Waals surface area contributed by atoms with E-state index in [1.807, 2.05) is 0 Å². The van der Waals surface area contributed by atoms with Crippen molar-refractivity contribution in [1.82, 2.24) is 0 Å². The van der Waals surface area contributed by atoms with Crippen LogP contribution < -0.4 is 26.2 Å². The maximum atomic E-state index is 7.44. The second kappa shape index (κ2) is 20.5. The fraction of sp³-hybridized carbons (Fsp3) is 0. The Bertz CT molecular complexity index is 5360. The van der Waals surface area contributed by atoms with Crippen molar-refractivity contribution in [3.05, 3.63) is 322 Å². The number of hydrogen-bond donors (Lipinski definition) is 0. The molecular formula is C84H53BN2O2. The molecule has 18 rings (SSSR count). The number of para-hydroxylation sites is 4. The molecular weight excluding hydrogens is 1080 g/mol. The first-order valence-corrected chi connectivity index (χ1v) is 30.6. The highest BCUT2D eigenvalue weighted by atomic mass is 16.3. The van der Waals surface area contributed by atoms with Crippen LogP contribution in [0.1, 0.15) is 0 Å². The highest BCUT2D eigenvalue weighted by Gasteiger charge is 2.47. The molecule has 0 spiro atoms. The summed E-state index contributed by atoms with van der Waals surface area (Å²) in [5.41, 5.74) is 28.7. The molecule has 5 heteroatoms. The Morgan fingerprint density at radius 2 is 0.584 bits per heavy atom. The number of furan rings is 2. The van der Waals surface area contributed by atoms with E-state index in [0.29, 0.717) is 0 Å². The third-order valence-corrected chi connectivity index (χ3v) is 18.4. The molecule has 0 N–H and O–H groups in total. The van der Waals surface area contributed by atoms with E-state index in [9.17, 15) is 0 Å². The molecule has 0 bridgehead atoms. The summed E-state index contributed by atoms with van der Waals surface area (Å²) in [7, 11) is 0. The van der Waals surface area contributed by atoms with Gasteiger partial charge in [-0.15, -0.1) is 0 Å². The molecule has 2 aliphatic rings. The predicted molar refractivity (Wildman–Crippen MR) is 373 cm³/mol. The third-order valence-electron chi connectivity index (χ3n) is 18.4. The largest absolute Gasteiger partial charge is 0.454 e. The highest BCUT2D eigenvalue weighted by molar-refractivity contribution is 7.01. The van der Waals surface area contributed by atoms with Crippen LogP contribution in [0.3, 0.4) is 0 Å². The van der Waals surface area contributed by atoms with Crippen LogP contribution in [0, 0.1) is 0 Å². The van der Waals surface area contributed by atoms with Gasteiger partial charge in [0.2, 0.25) is 0 Å². The van der Waals surface area contributed by atoms with Gasteiger partial charge in [-0.1, -0.05) is 273 Å². The molecule has 0 unspecified atom stereocenters. The summed E-state index contributed by atoms with van der Waals surface area (Å²) in [5.74, 6) is 0. The smallest absolute Gasteiger partial charge is 0.252 e. The summed E-state index contributed by atoms with van der Waals surface area (Å²) in [5, 5.41) is 4.27. The summed E-state index contributed by atoms with van der Waals surface area (Å²) < 4.78 is 14.8.